The molecule has 0 spiro atoms. The van der Waals surface area contributed by atoms with Gasteiger partial charge in [-0.05, 0) is 42.8 Å². The lowest BCUT2D eigenvalue weighted by molar-refractivity contribution is 0.190. The fraction of sp³-hybridized carbons (Fsp3) is 0.294. The molecule has 2 rings (SSSR count). The van der Waals surface area contributed by atoms with Gasteiger partial charge in [0, 0.05) is 28.1 Å². The SMILES string of the molecule is C[C@H](O)CNCc1cc(Br)ccc1OCc1ccc(Cl)cc1. The summed E-state index contributed by atoms with van der Waals surface area (Å²) in [4.78, 5) is 0. The van der Waals surface area contributed by atoms with Gasteiger partial charge in [-0.2, -0.15) is 0 Å². The number of aliphatic hydroxyl groups excluding tert-OH is 1. The first-order valence-corrected chi connectivity index (χ1v) is 8.26. The molecule has 0 bridgehead atoms. The first kappa shape index (κ1) is 17.3. The molecule has 0 aliphatic carbocycles. The Labute approximate surface area is 144 Å². The van der Waals surface area contributed by atoms with Crippen LogP contribution in [0.3, 0.4) is 0 Å². The number of benzene rings is 2. The molecule has 118 valence electrons. The number of halogens is 2. The minimum atomic E-state index is -0.370. The highest BCUT2D eigenvalue weighted by Crippen LogP contribution is 2.24. The maximum atomic E-state index is 9.31. The fourth-order valence-corrected chi connectivity index (χ4v) is 2.52. The summed E-state index contributed by atoms with van der Waals surface area (Å²) in [6, 6.07) is 13.5. The summed E-state index contributed by atoms with van der Waals surface area (Å²) in [5.74, 6) is 0.830. The number of hydrogen-bond donors (Lipinski definition) is 2. The predicted octanol–water partition coefficient (Wildman–Crippen LogP) is 4.15. The summed E-state index contributed by atoms with van der Waals surface area (Å²) in [6.45, 7) is 3.43. The molecule has 2 aromatic rings. The monoisotopic (exact) mass is 383 g/mol. The smallest absolute Gasteiger partial charge is 0.124 e. The second-order valence-corrected chi connectivity index (χ2v) is 6.50. The number of aliphatic hydroxyl groups is 1. The zero-order valence-electron chi connectivity index (χ0n) is 12.4. The van der Waals surface area contributed by atoms with E-state index in [0.29, 0.717) is 19.7 Å². The van der Waals surface area contributed by atoms with Gasteiger partial charge in [-0.1, -0.05) is 39.7 Å². The summed E-state index contributed by atoms with van der Waals surface area (Å²) in [5.41, 5.74) is 2.11. The average Bonchev–Trinajstić information content (AvgIpc) is 2.48. The second kappa shape index (κ2) is 8.53. The summed E-state index contributed by atoms with van der Waals surface area (Å²) in [7, 11) is 0. The Balaban J connectivity index is 2.01. The molecule has 5 heteroatoms. The molecule has 1 atom stereocenters. The van der Waals surface area contributed by atoms with Crippen LogP contribution in [0.15, 0.2) is 46.9 Å². The highest BCUT2D eigenvalue weighted by atomic mass is 79.9. The van der Waals surface area contributed by atoms with E-state index in [2.05, 4.69) is 21.2 Å². The van der Waals surface area contributed by atoms with E-state index in [0.717, 1.165) is 26.4 Å². The van der Waals surface area contributed by atoms with E-state index in [1.165, 1.54) is 0 Å². The van der Waals surface area contributed by atoms with Crippen molar-refractivity contribution in [2.75, 3.05) is 6.54 Å². The quantitative estimate of drug-likeness (QED) is 0.753. The molecule has 0 unspecified atom stereocenters. The van der Waals surface area contributed by atoms with Crippen molar-refractivity contribution in [2.24, 2.45) is 0 Å². The summed E-state index contributed by atoms with van der Waals surface area (Å²) >= 11 is 9.35. The molecule has 0 saturated carbocycles. The number of hydrogen-bond acceptors (Lipinski definition) is 3. The van der Waals surface area contributed by atoms with Crippen LogP contribution in [-0.4, -0.2) is 17.8 Å². The molecule has 0 aliphatic rings. The molecule has 2 aromatic carbocycles. The molecule has 2 N–H and O–H groups in total. The molecule has 0 fully saturated rings. The van der Waals surface area contributed by atoms with Crippen LogP contribution in [0.2, 0.25) is 5.02 Å². The Bertz CT molecular complexity index is 602. The van der Waals surface area contributed by atoms with Gasteiger partial charge < -0.3 is 15.2 Å². The third-order valence-electron chi connectivity index (χ3n) is 3.09. The van der Waals surface area contributed by atoms with Crippen molar-refractivity contribution >= 4 is 27.5 Å². The topological polar surface area (TPSA) is 41.5 Å². The molecule has 0 aliphatic heterocycles. The first-order valence-electron chi connectivity index (χ1n) is 7.09. The fourth-order valence-electron chi connectivity index (χ4n) is 1.98. The zero-order valence-corrected chi connectivity index (χ0v) is 14.7. The van der Waals surface area contributed by atoms with Gasteiger partial charge in [0.25, 0.3) is 0 Å². The van der Waals surface area contributed by atoms with Crippen molar-refractivity contribution in [1.29, 1.82) is 0 Å². The zero-order chi connectivity index (χ0) is 15.9. The van der Waals surface area contributed by atoms with Crippen molar-refractivity contribution in [3.05, 3.63) is 63.1 Å². The van der Waals surface area contributed by atoms with Gasteiger partial charge >= 0.3 is 0 Å². The minimum absolute atomic E-state index is 0.370. The Hall–Kier alpha value is -1.07. The van der Waals surface area contributed by atoms with Crippen LogP contribution < -0.4 is 10.1 Å². The summed E-state index contributed by atoms with van der Waals surface area (Å²) in [5, 5.41) is 13.2. The van der Waals surface area contributed by atoms with Gasteiger partial charge in [0.1, 0.15) is 12.4 Å². The van der Waals surface area contributed by atoms with E-state index >= 15 is 0 Å². The molecule has 0 saturated heterocycles. The van der Waals surface area contributed by atoms with E-state index in [-0.39, 0.29) is 6.10 Å². The Morgan fingerprint density at radius 2 is 1.95 bits per heavy atom. The van der Waals surface area contributed by atoms with Gasteiger partial charge in [0.2, 0.25) is 0 Å². The molecule has 22 heavy (non-hydrogen) atoms. The lowest BCUT2D eigenvalue weighted by Crippen LogP contribution is -2.24. The van der Waals surface area contributed by atoms with Crippen molar-refractivity contribution < 1.29 is 9.84 Å². The average molecular weight is 385 g/mol. The van der Waals surface area contributed by atoms with Crippen LogP contribution >= 0.6 is 27.5 Å². The van der Waals surface area contributed by atoms with Crippen molar-refractivity contribution in [1.82, 2.24) is 5.32 Å². The van der Waals surface area contributed by atoms with Gasteiger partial charge in [0.05, 0.1) is 6.10 Å². The predicted molar refractivity (Wildman–Crippen MR) is 93.3 cm³/mol. The van der Waals surface area contributed by atoms with Crippen molar-refractivity contribution in [2.45, 2.75) is 26.2 Å². The van der Waals surface area contributed by atoms with E-state index < -0.39 is 0 Å². The maximum absolute atomic E-state index is 9.31. The van der Waals surface area contributed by atoms with Crippen LogP contribution in [0.4, 0.5) is 0 Å². The van der Waals surface area contributed by atoms with Crippen LogP contribution in [-0.2, 0) is 13.2 Å². The van der Waals surface area contributed by atoms with Gasteiger partial charge in [-0.25, -0.2) is 0 Å². The van der Waals surface area contributed by atoms with Gasteiger partial charge in [-0.15, -0.1) is 0 Å². The standard InChI is InChI=1S/C17H19BrClNO2/c1-12(21)9-20-10-14-8-15(18)4-7-17(14)22-11-13-2-5-16(19)6-3-13/h2-8,12,20-21H,9-11H2,1H3/t12-/m0/s1. The number of ether oxygens (including phenoxy) is 1. The lowest BCUT2D eigenvalue weighted by atomic mass is 10.2. The molecule has 0 aromatic heterocycles. The van der Waals surface area contributed by atoms with E-state index in [1.54, 1.807) is 6.92 Å². The number of rotatable bonds is 7. The Morgan fingerprint density at radius 1 is 1.23 bits per heavy atom. The van der Waals surface area contributed by atoms with Gasteiger partial charge in [0.15, 0.2) is 0 Å². The molecular formula is C17H19BrClNO2. The van der Waals surface area contributed by atoms with Crippen LogP contribution in [0.1, 0.15) is 18.1 Å². The molecule has 0 heterocycles. The van der Waals surface area contributed by atoms with Crippen molar-refractivity contribution in [3.63, 3.8) is 0 Å². The highest BCUT2D eigenvalue weighted by molar-refractivity contribution is 9.10. The second-order valence-electron chi connectivity index (χ2n) is 5.15. The van der Waals surface area contributed by atoms with Crippen LogP contribution in [0.25, 0.3) is 0 Å². The molecule has 0 radical (unpaired) electrons. The number of nitrogens with one attached hydrogen (secondary N) is 1. The largest absolute Gasteiger partial charge is 0.489 e. The highest BCUT2D eigenvalue weighted by Gasteiger charge is 2.06. The summed E-state index contributed by atoms with van der Waals surface area (Å²) in [6.07, 6.45) is -0.370. The minimum Gasteiger partial charge on any atom is -0.489 e. The van der Waals surface area contributed by atoms with Crippen molar-refractivity contribution in [3.8, 4) is 5.75 Å². The molecular weight excluding hydrogens is 366 g/mol. The normalized spacial score (nSPS) is 12.2. The lowest BCUT2D eigenvalue weighted by Gasteiger charge is -2.13. The van der Waals surface area contributed by atoms with E-state index in [1.807, 2.05) is 42.5 Å². The van der Waals surface area contributed by atoms with Crippen LogP contribution in [0.5, 0.6) is 5.75 Å². The van der Waals surface area contributed by atoms with E-state index in [4.69, 9.17) is 16.3 Å². The maximum Gasteiger partial charge on any atom is 0.124 e. The molecule has 3 nitrogen and oxygen atoms in total. The van der Waals surface area contributed by atoms with Gasteiger partial charge in [-0.3, -0.25) is 0 Å². The third-order valence-corrected chi connectivity index (χ3v) is 3.83. The Morgan fingerprint density at radius 3 is 2.64 bits per heavy atom. The summed E-state index contributed by atoms with van der Waals surface area (Å²) < 4.78 is 6.91. The van der Waals surface area contributed by atoms with E-state index in [9.17, 15) is 5.11 Å². The first-order chi connectivity index (χ1) is 10.5. The Kier molecular flexibility index (Phi) is 6.70. The van der Waals surface area contributed by atoms with Crippen LogP contribution in [0, 0.1) is 0 Å². The third kappa shape index (κ3) is 5.61. The molecule has 0 amide bonds.